The highest BCUT2D eigenvalue weighted by atomic mass is 16.6. The molecule has 0 spiro atoms. The topological polar surface area (TPSA) is 84.9 Å². The van der Waals surface area contributed by atoms with Gasteiger partial charge in [-0.3, -0.25) is 4.79 Å². The normalized spacial score (nSPS) is 24.8. The molecule has 0 aromatic rings. The van der Waals surface area contributed by atoms with Gasteiger partial charge in [0.1, 0.15) is 5.60 Å². The summed E-state index contributed by atoms with van der Waals surface area (Å²) < 4.78 is 10.2. The van der Waals surface area contributed by atoms with Gasteiger partial charge in [0, 0.05) is 6.54 Å². The maximum atomic E-state index is 11.8. The molecule has 1 unspecified atom stereocenters. The van der Waals surface area contributed by atoms with Crippen molar-refractivity contribution in [1.29, 1.82) is 0 Å². The summed E-state index contributed by atoms with van der Waals surface area (Å²) in [5.74, 6) is -1.38. The smallest absolute Gasteiger partial charge is 0.341 e. The van der Waals surface area contributed by atoms with E-state index in [2.05, 4.69) is 5.32 Å². The number of rotatable bonds is 2. The molecule has 1 heterocycles. The van der Waals surface area contributed by atoms with Crippen molar-refractivity contribution in [3.63, 3.8) is 0 Å². The molecule has 0 aromatic carbocycles. The fourth-order valence-corrected chi connectivity index (χ4v) is 1.43. The molecule has 98 valence electrons. The zero-order valence-electron chi connectivity index (χ0n) is 10.6. The van der Waals surface area contributed by atoms with Gasteiger partial charge in [0.05, 0.1) is 6.61 Å². The Labute approximate surface area is 100 Å². The average molecular weight is 245 g/mol. The van der Waals surface area contributed by atoms with Gasteiger partial charge in [-0.15, -0.1) is 0 Å². The van der Waals surface area contributed by atoms with Gasteiger partial charge in [-0.1, -0.05) is 0 Å². The van der Waals surface area contributed by atoms with E-state index in [-0.39, 0.29) is 6.61 Å². The quantitative estimate of drug-likeness (QED) is 0.646. The Morgan fingerprint density at radius 1 is 1.47 bits per heavy atom. The summed E-state index contributed by atoms with van der Waals surface area (Å²) in [7, 11) is 0. The molecule has 1 amide bonds. The van der Waals surface area contributed by atoms with Crippen LogP contribution < -0.4 is 5.32 Å². The molecule has 0 bridgehead atoms. The van der Waals surface area contributed by atoms with E-state index in [4.69, 9.17) is 9.47 Å². The number of nitrogens with one attached hydrogen (secondary N) is 1. The Kier molecular flexibility index (Phi) is 3.78. The summed E-state index contributed by atoms with van der Waals surface area (Å²) in [4.78, 5) is 23.3. The summed E-state index contributed by atoms with van der Waals surface area (Å²) in [5, 5.41) is 12.6. The Balaban J connectivity index is 2.78. The van der Waals surface area contributed by atoms with Crippen molar-refractivity contribution >= 4 is 11.9 Å². The third kappa shape index (κ3) is 3.41. The molecule has 2 atom stereocenters. The minimum Gasteiger partial charge on any atom is -0.458 e. The molecule has 2 N–H and O–H groups in total. The number of esters is 1. The molecule has 1 aliphatic heterocycles. The lowest BCUT2D eigenvalue weighted by molar-refractivity contribution is -0.195. The molecule has 17 heavy (non-hydrogen) atoms. The Morgan fingerprint density at radius 2 is 2.06 bits per heavy atom. The molecule has 0 aromatic heterocycles. The maximum absolute atomic E-state index is 11.8. The molecular weight excluding hydrogens is 226 g/mol. The predicted octanol–water partition coefficient (Wildman–Crippen LogP) is -0.406. The second kappa shape index (κ2) is 4.62. The van der Waals surface area contributed by atoms with Crippen molar-refractivity contribution in [2.45, 2.75) is 45.0 Å². The van der Waals surface area contributed by atoms with Crippen LogP contribution >= 0.6 is 0 Å². The predicted molar refractivity (Wildman–Crippen MR) is 59.2 cm³/mol. The monoisotopic (exact) mass is 245 g/mol. The molecule has 1 fully saturated rings. The highest BCUT2D eigenvalue weighted by molar-refractivity contribution is 5.91. The van der Waals surface area contributed by atoms with Crippen LogP contribution in [0.1, 0.15) is 27.7 Å². The van der Waals surface area contributed by atoms with E-state index in [1.807, 2.05) is 0 Å². The number of hydrogen-bond donors (Lipinski definition) is 2. The number of carbonyl (C=O) groups is 2. The summed E-state index contributed by atoms with van der Waals surface area (Å²) in [6.45, 7) is 6.90. The number of morpholine rings is 1. The van der Waals surface area contributed by atoms with Crippen LogP contribution in [0.2, 0.25) is 0 Å². The van der Waals surface area contributed by atoms with Gasteiger partial charge < -0.3 is 19.9 Å². The van der Waals surface area contributed by atoms with E-state index >= 15 is 0 Å². The van der Waals surface area contributed by atoms with Crippen molar-refractivity contribution < 1.29 is 24.2 Å². The van der Waals surface area contributed by atoms with E-state index in [9.17, 15) is 14.7 Å². The van der Waals surface area contributed by atoms with Gasteiger partial charge in [0.15, 0.2) is 11.7 Å². The van der Waals surface area contributed by atoms with Crippen LogP contribution in [0, 0.1) is 0 Å². The summed E-state index contributed by atoms with van der Waals surface area (Å²) in [6.07, 6.45) is -1.23. The minimum absolute atomic E-state index is 0.259. The van der Waals surface area contributed by atoms with Crippen LogP contribution in [0.4, 0.5) is 0 Å². The number of carbonyl (C=O) groups excluding carboxylic acids is 2. The first-order valence-electron chi connectivity index (χ1n) is 5.50. The van der Waals surface area contributed by atoms with Gasteiger partial charge in [0.25, 0.3) is 5.91 Å². The van der Waals surface area contributed by atoms with Crippen molar-refractivity contribution in [3.05, 3.63) is 0 Å². The summed E-state index contributed by atoms with van der Waals surface area (Å²) in [6, 6.07) is 0. The number of ether oxygens (including phenoxy) is 2. The van der Waals surface area contributed by atoms with E-state index < -0.39 is 29.2 Å². The third-order valence-electron chi connectivity index (χ3n) is 2.25. The van der Waals surface area contributed by atoms with Gasteiger partial charge in [-0.05, 0) is 27.7 Å². The molecule has 0 radical (unpaired) electrons. The second-order valence-electron chi connectivity index (χ2n) is 5.19. The highest BCUT2D eigenvalue weighted by Crippen LogP contribution is 2.21. The lowest BCUT2D eigenvalue weighted by Crippen LogP contribution is -2.60. The maximum Gasteiger partial charge on any atom is 0.341 e. The van der Waals surface area contributed by atoms with Crippen molar-refractivity contribution in [2.24, 2.45) is 0 Å². The molecule has 6 nitrogen and oxygen atoms in total. The molecule has 1 aliphatic rings. The first-order chi connectivity index (χ1) is 7.64. The fourth-order valence-electron chi connectivity index (χ4n) is 1.43. The highest BCUT2D eigenvalue weighted by Gasteiger charge is 2.48. The Morgan fingerprint density at radius 3 is 2.53 bits per heavy atom. The standard InChI is InChI=1S/C11H19NO5/c1-10(2,3)17-9(14)11(4,15)7-8(13)12-5-6-16-7/h7,15H,5-6H2,1-4H3,(H,12,13)/t7-,11?/m0/s1. The summed E-state index contributed by atoms with van der Waals surface area (Å²) >= 11 is 0. The Bertz CT molecular complexity index is 318. The van der Waals surface area contributed by atoms with E-state index in [1.165, 1.54) is 6.92 Å². The van der Waals surface area contributed by atoms with Crippen LogP contribution in [0.25, 0.3) is 0 Å². The second-order valence-corrected chi connectivity index (χ2v) is 5.19. The molecule has 0 aliphatic carbocycles. The zero-order chi connectivity index (χ0) is 13.3. The van der Waals surface area contributed by atoms with Gasteiger partial charge in [0.2, 0.25) is 0 Å². The van der Waals surface area contributed by atoms with Crippen LogP contribution in [-0.4, -0.2) is 47.4 Å². The third-order valence-corrected chi connectivity index (χ3v) is 2.25. The lowest BCUT2D eigenvalue weighted by Gasteiger charge is -2.34. The molecule has 6 heteroatoms. The van der Waals surface area contributed by atoms with Crippen molar-refractivity contribution in [2.75, 3.05) is 13.2 Å². The zero-order valence-corrected chi connectivity index (χ0v) is 10.6. The Hall–Kier alpha value is -1.14. The SMILES string of the molecule is CC(C)(C)OC(=O)C(C)(O)[C@H]1OCCNC1=O. The van der Waals surface area contributed by atoms with Gasteiger partial charge in [-0.25, -0.2) is 4.79 Å². The van der Waals surface area contributed by atoms with E-state index in [0.717, 1.165) is 0 Å². The van der Waals surface area contributed by atoms with Crippen LogP contribution in [0.5, 0.6) is 0 Å². The van der Waals surface area contributed by atoms with Gasteiger partial charge in [-0.2, -0.15) is 0 Å². The molecule has 0 saturated carbocycles. The molecule has 1 rings (SSSR count). The lowest BCUT2D eigenvalue weighted by atomic mass is 9.97. The van der Waals surface area contributed by atoms with Crippen LogP contribution in [0.3, 0.4) is 0 Å². The van der Waals surface area contributed by atoms with E-state index in [0.29, 0.717) is 6.54 Å². The summed E-state index contributed by atoms with van der Waals surface area (Å²) in [5.41, 5.74) is -2.72. The average Bonchev–Trinajstić information content (AvgIpc) is 2.15. The van der Waals surface area contributed by atoms with Gasteiger partial charge >= 0.3 is 5.97 Å². The number of amides is 1. The van der Waals surface area contributed by atoms with Crippen LogP contribution in [0.15, 0.2) is 0 Å². The van der Waals surface area contributed by atoms with Crippen molar-refractivity contribution in [1.82, 2.24) is 5.32 Å². The minimum atomic E-state index is -1.99. The molecule has 1 saturated heterocycles. The largest absolute Gasteiger partial charge is 0.458 e. The fraction of sp³-hybridized carbons (Fsp3) is 0.818. The first kappa shape index (κ1) is 13.9. The van der Waals surface area contributed by atoms with E-state index in [1.54, 1.807) is 20.8 Å². The molecular formula is C11H19NO5. The first-order valence-corrected chi connectivity index (χ1v) is 5.50. The number of hydrogen-bond acceptors (Lipinski definition) is 5. The number of aliphatic hydroxyl groups is 1. The van der Waals surface area contributed by atoms with Crippen LogP contribution in [-0.2, 0) is 19.1 Å². The van der Waals surface area contributed by atoms with Crippen molar-refractivity contribution in [3.8, 4) is 0 Å².